The highest BCUT2D eigenvalue weighted by molar-refractivity contribution is 7.82. The summed E-state index contributed by atoms with van der Waals surface area (Å²) in [5.41, 5.74) is 2.51. The third-order valence-corrected chi connectivity index (χ3v) is 4.42. The van der Waals surface area contributed by atoms with E-state index in [0.717, 1.165) is 16.9 Å². The van der Waals surface area contributed by atoms with Crippen molar-refractivity contribution in [2.45, 2.75) is 34.6 Å². The van der Waals surface area contributed by atoms with Crippen LogP contribution in [0.15, 0.2) is 35.9 Å². The molecule has 0 saturated carbocycles. The second-order valence-corrected chi connectivity index (χ2v) is 8.73. The van der Waals surface area contributed by atoms with Gasteiger partial charge in [-0.1, -0.05) is 32.4 Å². The van der Waals surface area contributed by atoms with Crippen molar-refractivity contribution in [2.24, 2.45) is 11.3 Å². The highest BCUT2D eigenvalue weighted by atomic mass is 32.1. The second kappa shape index (κ2) is 9.80. The van der Waals surface area contributed by atoms with E-state index >= 15 is 0 Å². The number of carbonyl (C=O) groups excluding carboxylic acids is 1. The highest BCUT2D eigenvalue weighted by Crippen LogP contribution is 2.29. The van der Waals surface area contributed by atoms with Gasteiger partial charge in [-0.2, -0.15) is 0 Å². The van der Waals surface area contributed by atoms with Gasteiger partial charge in [-0.3, -0.25) is 4.79 Å². The molecular formula is C20H30N4OS2. The standard InChI is InChI=1S/C20H30N4OS2/c1-13(2)12-16(20(3,4)5)17(25)21-14-8-10-15(11-9-14)22-18(26)23-19(27)24(6)7/h8-12,16H,1-7H3,(H,21,25)(H2,22,23,26,27). The summed E-state index contributed by atoms with van der Waals surface area (Å²) >= 11 is 10.4. The molecule has 148 valence electrons. The fourth-order valence-corrected chi connectivity index (χ4v) is 2.66. The lowest BCUT2D eigenvalue weighted by Gasteiger charge is -2.27. The van der Waals surface area contributed by atoms with E-state index in [4.69, 9.17) is 24.4 Å². The molecule has 1 amide bonds. The molecule has 1 aromatic carbocycles. The summed E-state index contributed by atoms with van der Waals surface area (Å²) < 4.78 is 0. The van der Waals surface area contributed by atoms with Gasteiger partial charge in [-0.25, -0.2) is 0 Å². The monoisotopic (exact) mass is 406 g/mol. The summed E-state index contributed by atoms with van der Waals surface area (Å²) in [4.78, 5) is 14.5. The first-order valence-corrected chi connectivity index (χ1v) is 9.57. The Bertz CT molecular complexity index is 714. The van der Waals surface area contributed by atoms with Crippen molar-refractivity contribution in [1.82, 2.24) is 10.2 Å². The average molecular weight is 407 g/mol. The fraction of sp³-hybridized carbons (Fsp3) is 0.450. The van der Waals surface area contributed by atoms with Gasteiger partial charge in [-0.05, 0) is 68.0 Å². The molecule has 27 heavy (non-hydrogen) atoms. The largest absolute Gasteiger partial charge is 0.355 e. The van der Waals surface area contributed by atoms with Crippen molar-refractivity contribution < 1.29 is 4.79 Å². The molecule has 1 aromatic rings. The topological polar surface area (TPSA) is 56.4 Å². The molecule has 1 rings (SSSR count). The van der Waals surface area contributed by atoms with E-state index in [1.165, 1.54) is 0 Å². The third kappa shape index (κ3) is 8.05. The number of benzene rings is 1. The fourth-order valence-electron chi connectivity index (χ4n) is 2.28. The van der Waals surface area contributed by atoms with E-state index in [2.05, 4.69) is 36.7 Å². The summed E-state index contributed by atoms with van der Waals surface area (Å²) in [6, 6.07) is 7.40. The van der Waals surface area contributed by atoms with Crippen LogP contribution in [-0.4, -0.2) is 35.1 Å². The van der Waals surface area contributed by atoms with Gasteiger partial charge in [0.15, 0.2) is 10.2 Å². The molecule has 1 unspecified atom stereocenters. The van der Waals surface area contributed by atoms with Gasteiger partial charge in [-0.15, -0.1) is 0 Å². The molecule has 0 fully saturated rings. The van der Waals surface area contributed by atoms with Gasteiger partial charge < -0.3 is 20.9 Å². The first-order valence-electron chi connectivity index (χ1n) is 8.75. The Hall–Kier alpha value is -1.99. The number of allylic oxidation sites excluding steroid dienone is 1. The molecule has 0 aliphatic carbocycles. The van der Waals surface area contributed by atoms with Crippen LogP contribution in [0.4, 0.5) is 11.4 Å². The molecule has 0 aromatic heterocycles. The number of nitrogens with zero attached hydrogens (tertiary/aromatic N) is 1. The zero-order valence-corrected chi connectivity index (χ0v) is 18.8. The lowest BCUT2D eigenvalue weighted by molar-refractivity contribution is -0.121. The van der Waals surface area contributed by atoms with Crippen molar-refractivity contribution in [1.29, 1.82) is 0 Å². The summed E-state index contributed by atoms with van der Waals surface area (Å²) in [7, 11) is 3.69. The van der Waals surface area contributed by atoms with Crippen molar-refractivity contribution in [3.05, 3.63) is 35.9 Å². The van der Waals surface area contributed by atoms with E-state index in [1.807, 2.05) is 58.3 Å². The number of carbonyl (C=O) groups is 1. The predicted octanol–water partition coefficient (Wildman–Crippen LogP) is 4.39. The Morgan fingerprint density at radius 2 is 1.52 bits per heavy atom. The lowest BCUT2D eigenvalue weighted by atomic mass is 9.79. The molecule has 0 saturated heterocycles. The van der Waals surface area contributed by atoms with Crippen LogP contribution in [0.2, 0.25) is 0 Å². The van der Waals surface area contributed by atoms with Crippen molar-refractivity contribution in [3.63, 3.8) is 0 Å². The van der Waals surface area contributed by atoms with Gasteiger partial charge in [0.2, 0.25) is 5.91 Å². The molecule has 0 spiro atoms. The van der Waals surface area contributed by atoms with Crippen LogP contribution in [0.5, 0.6) is 0 Å². The van der Waals surface area contributed by atoms with E-state index in [0.29, 0.717) is 10.2 Å². The molecule has 1 atom stereocenters. The van der Waals surface area contributed by atoms with Crippen LogP contribution in [0, 0.1) is 11.3 Å². The normalized spacial score (nSPS) is 11.8. The summed E-state index contributed by atoms with van der Waals surface area (Å²) in [5, 5.41) is 9.94. The quantitative estimate of drug-likeness (QED) is 0.509. The van der Waals surface area contributed by atoms with Crippen LogP contribution < -0.4 is 16.0 Å². The summed E-state index contributed by atoms with van der Waals surface area (Å²) in [6.07, 6.45) is 2.02. The zero-order chi connectivity index (χ0) is 20.8. The smallest absolute Gasteiger partial charge is 0.231 e. The molecule has 0 bridgehead atoms. The SMILES string of the molecule is CC(C)=CC(C(=O)Nc1ccc(NC(=S)NC(=S)N(C)C)cc1)C(C)(C)C. The first-order chi connectivity index (χ1) is 12.4. The molecule has 0 radical (unpaired) electrons. The molecule has 0 heterocycles. The first kappa shape index (κ1) is 23.0. The number of hydrogen-bond acceptors (Lipinski definition) is 3. The maximum atomic E-state index is 12.7. The average Bonchev–Trinajstić information content (AvgIpc) is 2.53. The highest BCUT2D eigenvalue weighted by Gasteiger charge is 2.29. The van der Waals surface area contributed by atoms with E-state index < -0.39 is 0 Å². The van der Waals surface area contributed by atoms with Crippen LogP contribution in [0.3, 0.4) is 0 Å². The summed E-state index contributed by atoms with van der Waals surface area (Å²) in [6.45, 7) is 10.2. The molecule has 0 aliphatic heterocycles. The molecule has 7 heteroatoms. The van der Waals surface area contributed by atoms with E-state index in [9.17, 15) is 4.79 Å². The van der Waals surface area contributed by atoms with Crippen LogP contribution in [-0.2, 0) is 4.79 Å². The minimum atomic E-state index is -0.205. The van der Waals surface area contributed by atoms with Crippen molar-refractivity contribution in [3.8, 4) is 0 Å². The Labute approximate surface area is 173 Å². The zero-order valence-electron chi connectivity index (χ0n) is 17.1. The Morgan fingerprint density at radius 3 is 1.93 bits per heavy atom. The lowest BCUT2D eigenvalue weighted by Crippen LogP contribution is -2.40. The number of nitrogens with one attached hydrogen (secondary N) is 3. The van der Waals surface area contributed by atoms with Gasteiger partial charge in [0.1, 0.15) is 0 Å². The van der Waals surface area contributed by atoms with E-state index in [1.54, 1.807) is 4.90 Å². The minimum Gasteiger partial charge on any atom is -0.355 e. The Morgan fingerprint density at radius 1 is 1.04 bits per heavy atom. The van der Waals surface area contributed by atoms with Gasteiger partial charge >= 0.3 is 0 Å². The Kier molecular flexibility index (Phi) is 8.37. The third-order valence-electron chi connectivity index (χ3n) is 3.75. The molecule has 0 aliphatic rings. The molecular weight excluding hydrogens is 376 g/mol. The van der Waals surface area contributed by atoms with Crippen LogP contribution in [0.1, 0.15) is 34.6 Å². The maximum absolute atomic E-state index is 12.7. The van der Waals surface area contributed by atoms with Crippen molar-refractivity contribution >= 4 is 51.9 Å². The van der Waals surface area contributed by atoms with Gasteiger partial charge in [0.05, 0.1) is 5.92 Å². The van der Waals surface area contributed by atoms with Gasteiger partial charge in [0.25, 0.3) is 0 Å². The van der Waals surface area contributed by atoms with E-state index in [-0.39, 0.29) is 17.2 Å². The Balaban J connectivity index is 2.76. The number of anilines is 2. The molecule has 5 nitrogen and oxygen atoms in total. The predicted molar refractivity (Wildman–Crippen MR) is 123 cm³/mol. The second-order valence-electron chi connectivity index (χ2n) is 7.93. The number of rotatable bonds is 4. The van der Waals surface area contributed by atoms with Crippen molar-refractivity contribution in [2.75, 3.05) is 24.7 Å². The number of thiocarbonyl (C=S) groups is 2. The van der Waals surface area contributed by atoms with Gasteiger partial charge in [0, 0.05) is 25.5 Å². The minimum absolute atomic E-state index is 0.0158. The van der Waals surface area contributed by atoms with Crippen LogP contribution in [0.25, 0.3) is 0 Å². The number of amides is 1. The summed E-state index contributed by atoms with van der Waals surface area (Å²) in [5.74, 6) is -0.220. The van der Waals surface area contributed by atoms with Crippen LogP contribution >= 0.6 is 24.4 Å². The number of hydrogen-bond donors (Lipinski definition) is 3. The maximum Gasteiger partial charge on any atom is 0.231 e. The molecule has 3 N–H and O–H groups in total.